The second-order valence-electron chi connectivity index (χ2n) is 7.53. The molecule has 1 aliphatic rings. The van der Waals surface area contributed by atoms with E-state index in [-0.39, 0.29) is 28.1 Å². The molecule has 1 atom stereocenters. The third-order valence-corrected chi connectivity index (χ3v) is 5.91. The minimum Gasteiger partial charge on any atom is -0.477 e. The normalized spacial score (nSPS) is 13.7. The van der Waals surface area contributed by atoms with Crippen LogP contribution in [0.1, 0.15) is 28.7 Å². The second kappa shape index (κ2) is 9.00. The molecule has 1 amide bonds. The fourth-order valence-electron chi connectivity index (χ4n) is 4.01. The number of alkyl carbamates (subject to hydrolysis) is 1. The Morgan fingerprint density at radius 2 is 1.48 bits per heavy atom. The van der Waals surface area contributed by atoms with Crippen LogP contribution >= 0.6 is 23.2 Å². The number of alkyl halides is 2. The van der Waals surface area contributed by atoms with Crippen molar-refractivity contribution in [2.75, 3.05) is 6.61 Å². The van der Waals surface area contributed by atoms with Gasteiger partial charge in [-0.1, -0.05) is 71.7 Å². The van der Waals surface area contributed by atoms with Gasteiger partial charge < -0.3 is 15.2 Å². The number of hydrogen-bond donors (Lipinski definition) is 2. The van der Waals surface area contributed by atoms with E-state index in [1.54, 1.807) is 0 Å². The fourth-order valence-corrected chi connectivity index (χ4v) is 4.55. The van der Waals surface area contributed by atoms with Crippen LogP contribution in [0.15, 0.2) is 66.7 Å². The summed E-state index contributed by atoms with van der Waals surface area (Å²) in [6.07, 6.45) is -1.20. The summed E-state index contributed by atoms with van der Waals surface area (Å²) in [6.45, 7) is -0.123. The van der Waals surface area contributed by atoms with Crippen molar-refractivity contribution in [2.45, 2.75) is 17.9 Å². The van der Waals surface area contributed by atoms with Gasteiger partial charge in [0.15, 0.2) is 0 Å². The SMILES string of the molecule is O=C(NC(c1cc(Cl)cc(Cl)c1)C(F)(F)C(=O)O)OCC1c2ccccc2-c2ccccc21. The maximum absolute atomic E-state index is 14.5. The van der Waals surface area contributed by atoms with Gasteiger partial charge in [0, 0.05) is 16.0 Å². The minimum absolute atomic E-state index is 0.0121. The lowest BCUT2D eigenvalue weighted by atomic mass is 9.98. The Morgan fingerprint density at radius 3 is 2.00 bits per heavy atom. The van der Waals surface area contributed by atoms with Gasteiger partial charge in [-0.05, 0) is 46.0 Å². The summed E-state index contributed by atoms with van der Waals surface area (Å²) in [4.78, 5) is 23.7. The van der Waals surface area contributed by atoms with Gasteiger partial charge in [-0.25, -0.2) is 9.59 Å². The third kappa shape index (κ3) is 4.51. The Hall–Kier alpha value is -3.16. The molecule has 0 aliphatic heterocycles. The number of carbonyl (C=O) groups is 2. The van der Waals surface area contributed by atoms with Crippen LogP contribution in [0.2, 0.25) is 10.0 Å². The lowest BCUT2D eigenvalue weighted by molar-refractivity contribution is -0.169. The summed E-state index contributed by atoms with van der Waals surface area (Å²) in [5, 5.41) is 11.0. The van der Waals surface area contributed by atoms with Gasteiger partial charge in [0.25, 0.3) is 0 Å². The third-order valence-electron chi connectivity index (χ3n) is 5.47. The average molecular weight is 492 g/mol. The number of halogens is 4. The van der Waals surface area contributed by atoms with Crippen molar-refractivity contribution in [3.63, 3.8) is 0 Å². The molecule has 5 nitrogen and oxygen atoms in total. The van der Waals surface area contributed by atoms with E-state index >= 15 is 0 Å². The maximum atomic E-state index is 14.5. The summed E-state index contributed by atoms with van der Waals surface area (Å²) < 4.78 is 34.3. The lowest BCUT2D eigenvalue weighted by Crippen LogP contribution is -2.45. The Balaban J connectivity index is 1.56. The van der Waals surface area contributed by atoms with Crippen molar-refractivity contribution in [2.24, 2.45) is 0 Å². The van der Waals surface area contributed by atoms with E-state index in [0.717, 1.165) is 34.4 Å². The molecular formula is C24H17Cl2F2NO4. The van der Waals surface area contributed by atoms with Crippen molar-refractivity contribution in [3.05, 3.63) is 93.5 Å². The van der Waals surface area contributed by atoms with Crippen LogP contribution < -0.4 is 5.32 Å². The lowest BCUT2D eigenvalue weighted by Gasteiger charge is -2.25. The molecular weight excluding hydrogens is 475 g/mol. The molecule has 2 N–H and O–H groups in total. The molecule has 1 aliphatic carbocycles. The number of aliphatic carboxylic acids is 1. The molecule has 0 saturated carbocycles. The molecule has 9 heteroatoms. The molecule has 0 saturated heterocycles. The van der Waals surface area contributed by atoms with Gasteiger partial charge >= 0.3 is 18.0 Å². The number of ether oxygens (including phenoxy) is 1. The molecule has 33 heavy (non-hydrogen) atoms. The summed E-state index contributed by atoms with van der Waals surface area (Å²) in [5.41, 5.74) is 3.63. The monoisotopic (exact) mass is 491 g/mol. The van der Waals surface area contributed by atoms with E-state index in [0.29, 0.717) is 0 Å². The van der Waals surface area contributed by atoms with Crippen molar-refractivity contribution in [1.82, 2.24) is 5.32 Å². The molecule has 0 heterocycles. The Morgan fingerprint density at radius 1 is 0.970 bits per heavy atom. The van der Waals surface area contributed by atoms with Gasteiger partial charge in [-0.15, -0.1) is 0 Å². The molecule has 0 fully saturated rings. The highest BCUT2D eigenvalue weighted by Crippen LogP contribution is 2.44. The minimum atomic E-state index is -4.35. The number of rotatable bonds is 6. The molecule has 1 unspecified atom stereocenters. The van der Waals surface area contributed by atoms with Crippen molar-refractivity contribution in [3.8, 4) is 11.1 Å². The molecule has 0 aromatic heterocycles. The number of carbonyl (C=O) groups excluding carboxylic acids is 1. The first-order valence-corrected chi connectivity index (χ1v) is 10.6. The van der Waals surface area contributed by atoms with E-state index in [1.165, 1.54) is 6.07 Å². The van der Waals surface area contributed by atoms with Gasteiger partial charge in [0.2, 0.25) is 0 Å². The first-order valence-electron chi connectivity index (χ1n) is 9.87. The molecule has 0 radical (unpaired) electrons. The Labute approximate surface area is 197 Å². The number of hydrogen-bond acceptors (Lipinski definition) is 3. The fraction of sp³-hybridized carbons (Fsp3) is 0.167. The number of carboxylic acid groups (broad SMARTS) is 1. The van der Waals surface area contributed by atoms with E-state index in [2.05, 4.69) is 0 Å². The molecule has 0 spiro atoms. The highest BCUT2D eigenvalue weighted by Gasteiger charge is 2.50. The predicted octanol–water partition coefficient (Wildman–Crippen LogP) is 6.29. The van der Waals surface area contributed by atoms with Crippen LogP contribution in [-0.2, 0) is 9.53 Å². The second-order valence-corrected chi connectivity index (χ2v) is 8.41. The van der Waals surface area contributed by atoms with Crippen LogP contribution in [0, 0.1) is 0 Å². The standard InChI is InChI=1S/C24H17Cl2F2NO4/c25-14-9-13(10-15(26)11-14)21(24(27,28)22(30)31)29-23(32)33-12-20-18-7-3-1-5-16(18)17-6-2-4-8-19(17)20/h1-11,20-21H,12H2,(H,29,32)(H,30,31). The zero-order chi connectivity index (χ0) is 23.8. The van der Waals surface area contributed by atoms with Crippen LogP contribution in [0.25, 0.3) is 11.1 Å². The number of amides is 1. The number of nitrogens with one attached hydrogen (secondary N) is 1. The predicted molar refractivity (Wildman–Crippen MR) is 120 cm³/mol. The van der Waals surface area contributed by atoms with Gasteiger partial charge in [0.05, 0.1) is 0 Å². The van der Waals surface area contributed by atoms with E-state index in [9.17, 15) is 18.4 Å². The van der Waals surface area contributed by atoms with Crippen molar-refractivity contribution >= 4 is 35.3 Å². The maximum Gasteiger partial charge on any atom is 0.407 e. The first-order chi connectivity index (χ1) is 15.7. The molecule has 3 aromatic rings. The van der Waals surface area contributed by atoms with Crippen LogP contribution in [-0.4, -0.2) is 29.7 Å². The quantitative estimate of drug-likeness (QED) is 0.424. The van der Waals surface area contributed by atoms with E-state index < -0.39 is 24.0 Å². The Bertz CT molecular complexity index is 1170. The summed E-state index contributed by atoms with van der Waals surface area (Å²) >= 11 is 11.8. The van der Waals surface area contributed by atoms with Gasteiger partial charge in [-0.3, -0.25) is 0 Å². The smallest absolute Gasteiger partial charge is 0.407 e. The Kier molecular flexibility index (Phi) is 6.28. The summed E-state index contributed by atoms with van der Waals surface area (Å²) in [5.74, 6) is -7.05. The topological polar surface area (TPSA) is 75.6 Å². The van der Waals surface area contributed by atoms with Crippen molar-refractivity contribution in [1.29, 1.82) is 0 Å². The van der Waals surface area contributed by atoms with Crippen LogP contribution in [0.3, 0.4) is 0 Å². The number of fused-ring (bicyclic) bond motifs is 3. The van der Waals surface area contributed by atoms with Gasteiger partial charge in [0.1, 0.15) is 12.6 Å². The largest absolute Gasteiger partial charge is 0.477 e. The molecule has 4 rings (SSSR count). The number of carboxylic acids is 1. The highest BCUT2D eigenvalue weighted by atomic mass is 35.5. The zero-order valence-electron chi connectivity index (χ0n) is 16.9. The molecule has 0 bridgehead atoms. The van der Waals surface area contributed by atoms with Crippen LogP contribution in [0.5, 0.6) is 0 Å². The molecule has 170 valence electrons. The van der Waals surface area contributed by atoms with E-state index in [1.807, 2.05) is 53.8 Å². The van der Waals surface area contributed by atoms with Crippen molar-refractivity contribution < 1.29 is 28.2 Å². The summed E-state index contributed by atoms with van der Waals surface area (Å²) in [7, 11) is 0. The average Bonchev–Trinajstić information content (AvgIpc) is 3.09. The highest BCUT2D eigenvalue weighted by molar-refractivity contribution is 6.34. The van der Waals surface area contributed by atoms with Gasteiger partial charge in [-0.2, -0.15) is 8.78 Å². The van der Waals surface area contributed by atoms with E-state index in [4.69, 9.17) is 33.0 Å². The summed E-state index contributed by atoms with van der Waals surface area (Å²) in [6, 6.07) is 16.6. The zero-order valence-corrected chi connectivity index (χ0v) is 18.4. The number of benzene rings is 3. The van der Waals surface area contributed by atoms with Crippen LogP contribution in [0.4, 0.5) is 13.6 Å². The molecule has 3 aromatic carbocycles. The first kappa shape index (κ1) is 23.0.